The summed E-state index contributed by atoms with van der Waals surface area (Å²) in [7, 11) is 1.67. The molecule has 3 aromatic rings. The van der Waals surface area contributed by atoms with Crippen molar-refractivity contribution < 1.29 is 14.3 Å². The van der Waals surface area contributed by atoms with Gasteiger partial charge in [0.15, 0.2) is 0 Å². The minimum absolute atomic E-state index is 0.0110. The van der Waals surface area contributed by atoms with Crippen LogP contribution in [0.15, 0.2) is 66.7 Å². The zero-order valence-electron chi connectivity index (χ0n) is 18.2. The molecule has 1 unspecified atom stereocenters. The summed E-state index contributed by atoms with van der Waals surface area (Å²) in [5.74, 6) is 0.854. The van der Waals surface area contributed by atoms with E-state index in [1.807, 2.05) is 70.1 Å². The van der Waals surface area contributed by atoms with Crippen molar-refractivity contribution in [1.82, 2.24) is 9.47 Å². The van der Waals surface area contributed by atoms with Gasteiger partial charge in [0, 0.05) is 55.7 Å². The molecule has 1 atom stereocenters. The summed E-state index contributed by atoms with van der Waals surface area (Å²) in [5.41, 5.74) is 3.43. The normalized spacial score (nSPS) is 17.8. The van der Waals surface area contributed by atoms with Gasteiger partial charge in [0.25, 0.3) is 0 Å². The third-order valence-electron chi connectivity index (χ3n) is 6.59. The second kappa shape index (κ2) is 8.54. The fourth-order valence-electron chi connectivity index (χ4n) is 4.84. The standard InChI is InChI=1S/C26H27N3O3/c1-32-21-9-5-8-20(18-21)27-14-16-28(17-15-27)26(31)22-12-13-29-23(22)10-11-24(29)25(30)19-6-3-2-4-7-19/h2-11,18,22H,12-17H2,1H3. The zero-order valence-corrected chi connectivity index (χ0v) is 18.2. The van der Waals surface area contributed by atoms with Crippen molar-refractivity contribution in [1.29, 1.82) is 0 Å². The van der Waals surface area contributed by atoms with Gasteiger partial charge in [0.2, 0.25) is 11.7 Å². The van der Waals surface area contributed by atoms with Crippen LogP contribution in [0.3, 0.4) is 0 Å². The smallest absolute Gasteiger partial charge is 0.231 e. The quantitative estimate of drug-likeness (QED) is 0.582. The maximum absolute atomic E-state index is 13.3. The molecule has 6 nitrogen and oxygen atoms in total. The fourth-order valence-corrected chi connectivity index (χ4v) is 4.84. The molecule has 164 valence electrons. The van der Waals surface area contributed by atoms with Gasteiger partial charge in [-0.3, -0.25) is 9.59 Å². The molecule has 5 rings (SSSR count). The number of rotatable bonds is 5. The van der Waals surface area contributed by atoms with Gasteiger partial charge in [-0.25, -0.2) is 0 Å². The molecule has 0 spiro atoms. The van der Waals surface area contributed by atoms with Crippen molar-refractivity contribution >= 4 is 17.4 Å². The average molecular weight is 430 g/mol. The van der Waals surface area contributed by atoms with Crippen LogP contribution in [-0.4, -0.2) is 54.4 Å². The molecule has 2 aliphatic heterocycles. The Hall–Kier alpha value is -3.54. The van der Waals surface area contributed by atoms with E-state index in [0.717, 1.165) is 36.6 Å². The molecule has 3 heterocycles. The van der Waals surface area contributed by atoms with Crippen LogP contribution in [0.4, 0.5) is 5.69 Å². The van der Waals surface area contributed by atoms with Crippen molar-refractivity contribution in [2.45, 2.75) is 18.9 Å². The summed E-state index contributed by atoms with van der Waals surface area (Å²) < 4.78 is 7.37. The van der Waals surface area contributed by atoms with E-state index in [4.69, 9.17) is 4.74 Å². The number of amides is 1. The molecule has 0 radical (unpaired) electrons. The number of methoxy groups -OCH3 is 1. The van der Waals surface area contributed by atoms with Gasteiger partial charge < -0.3 is 19.1 Å². The highest BCUT2D eigenvalue weighted by Gasteiger charge is 2.35. The first-order valence-corrected chi connectivity index (χ1v) is 11.1. The summed E-state index contributed by atoms with van der Waals surface area (Å²) in [4.78, 5) is 30.5. The molecule has 1 aromatic heterocycles. The Morgan fingerprint density at radius 1 is 0.875 bits per heavy atom. The van der Waals surface area contributed by atoms with Gasteiger partial charge in [0.1, 0.15) is 5.75 Å². The zero-order chi connectivity index (χ0) is 22.1. The van der Waals surface area contributed by atoms with Gasteiger partial charge in [-0.1, -0.05) is 36.4 Å². The predicted octanol–water partition coefficient (Wildman–Crippen LogP) is 3.56. The van der Waals surface area contributed by atoms with E-state index < -0.39 is 0 Å². The SMILES string of the molecule is COc1cccc(N2CCN(C(=O)C3CCn4c(C(=O)c5ccccc5)ccc43)CC2)c1. The lowest BCUT2D eigenvalue weighted by Crippen LogP contribution is -2.50. The molecule has 2 aliphatic rings. The number of fused-ring (bicyclic) bond motifs is 1. The summed E-state index contributed by atoms with van der Waals surface area (Å²) in [6.07, 6.45) is 0.750. The van der Waals surface area contributed by atoms with Gasteiger partial charge >= 0.3 is 0 Å². The van der Waals surface area contributed by atoms with Crippen molar-refractivity contribution in [3.63, 3.8) is 0 Å². The Morgan fingerprint density at radius 2 is 1.66 bits per heavy atom. The van der Waals surface area contributed by atoms with Crippen molar-refractivity contribution in [2.24, 2.45) is 0 Å². The summed E-state index contributed by atoms with van der Waals surface area (Å²) in [5, 5.41) is 0. The lowest BCUT2D eigenvalue weighted by atomic mass is 10.0. The minimum atomic E-state index is -0.171. The molecule has 1 fully saturated rings. The van der Waals surface area contributed by atoms with Crippen LogP contribution in [0, 0.1) is 0 Å². The molecule has 0 aliphatic carbocycles. The van der Waals surface area contributed by atoms with Crippen LogP contribution in [0.25, 0.3) is 0 Å². The Balaban J connectivity index is 1.26. The molecular formula is C26H27N3O3. The second-order valence-electron chi connectivity index (χ2n) is 8.35. The predicted molar refractivity (Wildman–Crippen MR) is 123 cm³/mol. The number of ether oxygens (including phenoxy) is 1. The highest BCUT2D eigenvalue weighted by molar-refractivity contribution is 6.08. The number of carbonyl (C=O) groups excluding carboxylic acids is 2. The van der Waals surface area contributed by atoms with E-state index in [-0.39, 0.29) is 17.6 Å². The molecule has 32 heavy (non-hydrogen) atoms. The average Bonchev–Trinajstić information content (AvgIpc) is 3.46. The summed E-state index contributed by atoms with van der Waals surface area (Å²) in [6, 6.07) is 21.2. The first-order valence-electron chi connectivity index (χ1n) is 11.1. The Bertz CT molecular complexity index is 1130. The first-order chi connectivity index (χ1) is 15.7. The van der Waals surface area contributed by atoms with Crippen molar-refractivity contribution in [3.8, 4) is 5.75 Å². The van der Waals surface area contributed by atoms with E-state index in [0.29, 0.717) is 30.9 Å². The summed E-state index contributed by atoms with van der Waals surface area (Å²) >= 11 is 0. The maximum Gasteiger partial charge on any atom is 0.231 e. The van der Waals surface area contributed by atoms with Crippen LogP contribution in [0.1, 0.15) is 34.1 Å². The first kappa shape index (κ1) is 20.4. The van der Waals surface area contributed by atoms with Gasteiger partial charge in [0.05, 0.1) is 18.7 Å². The van der Waals surface area contributed by atoms with Gasteiger partial charge in [-0.15, -0.1) is 0 Å². The van der Waals surface area contributed by atoms with Gasteiger partial charge in [-0.2, -0.15) is 0 Å². The van der Waals surface area contributed by atoms with Crippen molar-refractivity contribution in [3.05, 3.63) is 83.7 Å². The number of carbonyl (C=O) groups is 2. The number of aromatic nitrogens is 1. The molecular weight excluding hydrogens is 402 g/mol. The van der Waals surface area contributed by atoms with E-state index in [2.05, 4.69) is 11.0 Å². The fraction of sp³-hybridized carbons (Fsp3) is 0.308. The van der Waals surface area contributed by atoms with E-state index in [1.54, 1.807) is 7.11 Å². The van der Waals surface area contributed by atoms with Crippen LogP contribution in [0.2, 0.25) is 0 Å². The summed E-state index contributed by atoms with van der Waals surface area (Å²) in [6.45, 7) is 3.69. The molecule has 2 aromatic carbocycles. The second-order valence-corrected chi connectivity index (χ2v) is 8.35. The molecule has 1 saturated heterocycles. The highest BCUT2D eigenvalue weighted by atomic mass is 16.5. The van der Waals surface area contributed by atoms with Crippen molar-refractivity contribution in [2.75, 3.05) is 38.2 Å². The number of nitrogens with zero attached hydrogens (tertiary/aromatic N) is 3. The van der Waals surface area contributed by atoms with Gasteiger partial charge in [-0.05, 0) is 30.7 Å². The third kappa shape index (κ3) is 3.66. The molecule has 6 heteroatoms. The number of hydrogen-bond donors (Lipinski definition) is 0. The Kier molecular flexibility index (Phi) is 5.43. The van der Waals surface area contributed by atoms with Crippen LogP contribution in [0.5, 0.6) is 5.75 Å². The molecule has 0 saturated carbocycles. The lowest BCUT2D eigenvalue weighted by molar-refractivity contribution is -0.133. The van der Waals surface area contributed by atoms with Crippen LogP contribution < -0.4 is 9.64 Å². The van der Waals surface area contributed by atoms with Crippen LogP contribution in [-0.2, 0) is 11.3 Å². The molecule has 0 N–H and O–H groups in total. The topological polar surface area (TPSA) is 54.8 Å². The number of benzene rings is 2. The Labute approximate surface area is 188 Å². The molecule has 1 amide bonds. The van der Waals surface area contributed by atoms with E-state index in [9.17, 15) is 9.59 Å². The highest BCUT2D eigenvalue weighted by Crippen LogP contribution is 2.33. The largest absolute Gasteiger partial charge is 0.497 e. The number of ketones is 1. The minimum Gasteiger partial charge on any atom is -0.497 e. The maximum atomic E-state index is 13.3. The third-order valence-corrected chi connectivity index (χ3v) is 6.59. The van der Waals surface area contributed by atoms with E-state index >= 15 is 0 Å². The van der Waals surface area contributed by atoms with Crippen LogP contribution >= 0.6 is 0 Å². The Morgan fingerprint density at radius 3 is 2.41 bits per heavy atom. The van der Waals surface area contributed by atoms with E-state index in [1.165, 1.54) is 0 Å². The monoisotopic (exact) mass is 429 g/mol. The number of hydrogen-bond acceptors (Lipinski definition) is 4. The lowest BCUT2D eigenvalue weighted by Gasteiger charge is -2.37. The molecule has 0 bridgehead atoms. The number of anilines is 1. The number of piperazine rings is 1.